The maximum Gasteiger partial charge on any atom is 0.262 e. The Hall–Kier alpha value is -2.27. The van der Waals surface area contributed by atoms with Gasteiger partial charge in [0.15, 0.2) is 12.4 Å². The van der Waals surface area contributed by atoms with Crippen molar-refractivity contribution in [1.82, 2.24) is 0 Å². The predicted molar refractivity (Wildman–Crippen MR) is 77.1 cm³/mol. The van der Waals surface area contributed by atoms with Crippen molar-refractivity contribution in [3.05, 3.63) is 46.4 Å². The Bertz CT molecular complexity index is 735. The first-order valence-corrected chi connectivity index (χ1v) is 6.85. The Morgan fingerprint density at radius 1 is 1.38 bits per heavy atom. The third-order valence-corrected chi connectivity index (χ3v) is 3.57. The number of ether oxygens (including phenoxy) is 1. The SMILES string of the molecule is CCc1occc1C(=O)c1cc2c(cc1Cl)NC(=O)CO2. The number of aryl methyl sites for hydroxylation is 1. The van der Waals surface area contributed by atoms with Gasteiger partial charge < -0.3 is 14.5 Å². The van der Waals surface area contributed by atoms with Crippen LogP contribution in [0, 0.1) is 0 Å². The summed E-state index contributed by atoms with van der Waals surface area (Å²) >= 11 is 6.16. The molecule has 0 atom stereocenters. The van der Waals surface area contributed by atoms with Gasteiger partial charge in [0.1, 0.15) is 11.5 Å². The number of halogens is 1. The molecular weight excluding hydrogens is 294 g/mol. The number of ketones is 1. The maximum atomic E-state index is 12.6. The molecule has 0 spiro atoms. The van der Waals surface area contributed by atoms with Crippen LogP contribution in [0.25, 0.3) is 0 Å². The normalized spacial score (nSPS) is 13.3. The molecule has 0 saturated carbocycles. The number of carbonyl (C=O) groups is 2. The lowest BCUT2D eigenvalue weighted by molar-refractivity contribution is -0.118. The first-order valence-electron chi connectivity index (χ1n) is 6.47. The van der Waals surface area contributed by atoms with Crippen LogP contribution in [-0.4, -0.2) is 18.3 Å². The third-order valence-electron chi connectivity index (χ3n) is 3.26. The van der Waals surface area contributed by atoms with Gasteiger partial charge in [-0.1, -0.05) is 18.5 Å². The monoisotopic (exact) mass is 305 g/mol. The Kier molecular flexibility index (Phi) is 3.43. The van der Waals surface area contributed by atoms with E-state index in [-0.39, 0.29) is 23.3 Å². The minimum Gasteiger partial charge on any atom is -0.482 e. The lowest BCUT2D eigenvalue weighted by atomic mass is 10.0. The molecule has 0 saturated heterocycles. The minimum atomic E-state index is -0.249. The molecule has 21 heavy (non-hydrogen) atoms. The van der Waals surface area contributed by atoms with Gasteiger partial charge >= 0.3 is 0 Å². The smallest absolute Gasteiger partial charge is 0.262 e. The molecule has 0 aliphatic carbocycles. The molecule has 2 aromatic rings. The number of nitrogens with one attached hydrogen (secondary N) is 1. The largest absolute Gasteiger partial charge is 0.482 e. The highest BCUT2D eigenvalue weighted by molar-refractivity contribution is 6.35. The fraction of sp³-hybridized carbons (Fsp3) is 0.200. The van der Waals surface area contributed by atoms with Crippen molar-refractivity contribution in [3.63, 3.8) is 0 Å². The van der Waals surface area contributed by atoms with E-state index in [1.165, 1.54) is 12.3 Å². The van der Waals surface area contributed by atoms with Crippen molar-refractivity contribution in [2.24, 2.45) is 0 Å². The van der Waals surface area contributed by atoms with E-state index < -0.39 is 0 Å². The molecule has 0 fully saturated rings. The average Bonchev–Trinajstić information content (AvgIpc) is 2.94. The van der Waals surface area contributed by atoms with Gasteiger partial charge in [0.05, 0.1) is 22.5 Å². The van der Waals surface area contributed by atoms with Crippen LogP contribution in [0.15, 0.2) is 28.9 Å². The molecule has 0 unspecified atom stereocenters. The molecule has 108 valence electrons. The van der Waals surface area contributed by atoms with Crippen LogP contribution in [0.5, 0.6) is 5.75 Å². The van der Waals surface area contributed by atoms with Crippen molar-refractivity contribution < 1.29 is 18.7 Å². The zero-order valence-electron chi connectivity index (χ0n) is 11.2. The summed E-state index contributed by atoms with van der Waals surface area (Å²) in [6.45, 7) is 1.83. The summed E-state index contributed by atoms with van der Waals surface area (Å²) < 4.78 is 10.6. The van der Waals surface area contributed by atoms with Crippen molar-refractivity contribution in [2.45, 2.75) is 13.3 Å². The van der Waals surface area contributed by atoms with E-state index >= 15 is 0 Å². The molecule has 1 aromatic heterocycles. The standard InChI is InChI=1S/C15H12ClNO4/c1-2-12-8(3-4-20-12)15(19)9-5-13-11(6-10(9)16)17-14(18)7-21-13/h3-6H,2,7H2,1H3,(H,17,18). The van der Waals surface area contributed by atoms with Gasteiger partial charge in [-0.3, -0.25) is 9.59 Å². The second-order valence-corrected chi connectivity index (χ2v) is 5.01. The van der Waals surface area contributed by atoms with E-state index in [2.05, 4.69) is 5.32 Å². The molecule has 5 nitrogen and oxygen atoms in total. The van der Waals surface area contributed by atoms with E-state index in [0.717, 1.165) is 0 Å². The highest BCUT2D eigenvalue weighted by Crippen LogP contribution is 2.34. The molecule has 0 bridgehead atoms. The highest BCUT2D eigenvalue weighted by atomic mass is 35.5. The fourth-order valence-corrected chi connectivity index (χ4v) is 2.49. The number of rotatable bonds is 3. The van der Waals surface area contributed by atoms with Crippen LogP contribution in [-0.2, 0) is 11.2 Å². The zero-order valence-corrected chi connectivity index (χ0v) is 12.0. The lowest BCUT2D eigenvalue weighted by Gasteiger charge is -2.19. The number of anilines is 1. The summed E-state index contributed by atoms with van der Waals surface area (Å²) in [4.78, 5) is 23.8. The molecule has 0 radical (unpaired) electrons. The zero-order chi connectivity index (χ0) is 15.0. The van der Waals surface area contributed by atoms with E-state index in [9.17, 15) is 9.59 Å². The van der Waals surface area contributed by atoms with Crippen LogP contribution < -0.4 is 10.1 Å². The van der Waals surface area contributed by atoms with E-state index in [0.29, 0.717) is 34.7 Å². The number of carbonyl (C=O) groups excluding carboxylic acids is 2. The first-order chi connectivity index (χ1) is 10.1. The Morgan fingerprint density at radius 3 is 2.95 bits per heavy atom. The quantitative estimate of drug-likeness (QED) is 0.885. The van der Waals surface area contributed by atoms with Gasteiger partial charge in [-0.2, -0.15) is 0 Å². The van der Waals surface area contributed by atoms with Gasteiger partial charge in [0, 0.05) is 12.0 Å². The summed E-state index contributed by atoms with van der Waals surface area (Å²) in [6, 6.07) is 4.69. The minimum absolute atomic E-state index is 0.0752. The molecule has 6 heteroatoms. The second kappa shape index (κ2) is 5.26. The van der Waals surface area contributed by atoms with E-state index in [1.807, 2.05) is 6.92 Å². The number of amides is 1. The summed E-state index contributed by atoms with van der Waals surface area (Å²) in [7, 11) is 0. The fourth-order valence-electron chi connectivity index (χ4n) is 2.24. The maximum absolute atomic E-state index is 12.6. The number of benzene rings is 1. The third kappa shape index (κ3) is 2.40. The molecule has 2 heterocycles. The Labute approximate surface area is 125 Å². The number of fused-ring (bicyclic) bond motifs is 1. The average molecular weight is 306 g/mol. The van der Waals surface area contributed by atoms with Crippen LogP contribution in [0.2, 0.25) is 5.02 Å². The predicted octanol–water partition coefficient (Wildman–Crippen LogP) is 3.06. The number of hydrogen-bond acceptors (Lipinski definition) is 4. The van der Waals surface area contributed by atoms with E-state index in [4.69, 9.17) is 20.8 Å². The number of hydrogen-bond donors (Lipinski definition) is 1. The second-order valence-electron chi connectivity index (χ2n) is 4.61. The molecule has 1 amide bonds. The van der Waals surface area contributed by atoms with Gasteiger partial charge in [0.25, 0.3) is 5.91 Å². The van der Waals surface area contributed by atoms with Crippen molar-refractivity contribution in [3.8, 4) is 5.75 Å². The lowest BCUT2D eigenvalue weighted by Crippen LogP contribution is -2.25. The van der Waals surface area contributed by atoms with Gasteiger partial charge in [0.2, 0.25) is 0 Å². The van der Waals surface area contributed by atoms with Crippen molar-refractivity contribution >= 4 is 29.0 Å². The van der Waals surface area contributed by atoms with Crippen LogP contribution in [0.1, 0.15) is 28.6 Å². The molecular formula is C15H12ClNO4. The van der Waals surface area contributed by atoms with Crippen LogP contribution in [0.3, 0.4) is 0 Å². The Balaban J connectivity index is 2.03. The van der Waals surface area contributed by atoms with Crippen molar-refractivity contribution in [2.75, 3.05) is 11.9 Å². The number of furan rings is 1. The summed E-state index contributed by atoms with van der Waals surface area (Å²) in [5, 5.41) is 2.90. The Morgan fingerprint density at radius 2 is 2.19 bits per heavy atom. The molecule has 3 rings (SSSR count). The molecule has 1 N–H and O–H groups in total. The van der Waals surface area contributed by atoms with Crippen LogP contribution in [0.4, 0.5) is 5.69 Å². The molecule has 1 aliphatic heterocycles. The summed E-state index contributed by atoms with van der Waals surface area (Å²) in [5.41, 5.74) is 1.28. The van der Waals surface area contributed by atoms with E-state index in [1.54, 1.807) is 12.1 Å². The van der Waals surface area contributed by atoms with Gasteiger partial charge in [-0.05, 0) is 18.2 Å². The molecule has 1 aromatic carbocycles. The molecule has 1 aliphatic rings. The summed E-state index contributed by atoms with van der Waals surface area (Å²) in [5.74, 6) is 0.571. The van der Waals surface area contributed by atoms with Gasteiger partial charge in [-0.15, -0.1) is 0 Å². The first kappa shape index (κ1) is 13.7. The highest BCUT2D eigenvalue weighted by Gasteiger charge is 2.23. The topological polar surface area (TPSA) is 68.5 Å². The summed E-state index contributed by atoms with van der Waals surface area (Å²) in [6.07, 6.45) is 2.10. The van der Waals surface area contributed by atoms with Gasteiger partial charge in [-0.25, -0.2) is 0 Å². The van der Waals surface area contributed by atoms with Crippen molar-refractivity contribution in [1.29, 1.82) is 0 Å². The van der Waals surface area contributed by atoms with Crippen LogP contribution >= 0.6 is 11.6 Å².